The molecule has 2 heterocycles. The minimum atomic E-state index is -0.381. The summed E-state index contributed by atoms with van der Waals surface area (Å²) in [5.41, 5.74) is 4.66. The normalized spacial score (nSPS) is 14.8. The maximum Gasteiger partial charge on any atom is 0.318 e. The van der Waals surface area contributed by atoms with Crippen molar-refractivity contribution < 1.29 is 9.59 Å². The van der Waals surface area contributed by atoms with Crippen LogP contribution in [0, 0.1) is 6.92 Å². The van der Waals surface area contributed by atoms with Gasteiger partial charge >= 0.3 is 6.03 Å². The SMILES string of the molecule is CCCCN(CC(=O)N1c2ccccc2-n2cccc2C1c1ccc(C)cc1)C(=O)NC(C)(C)C. The lowest BCUT2D eigenvalue weighted by atomic mass is 9.97. The van der Waals surface area contributed by atoms with Crippen LogP contribution in [-0.2, 0) is 4.79 Å². The van der Waals surface area contributed by atoms with Gasteiger partial charge in [-0.15, -0.1) is 0 Å². The zero-order chi connectivity index (χ0) is 25.2. The van der Waals surface area contributed by atoms with Crippen LogP contribution in [0.4, 0.5) is 10.5 Å². The van der Waals surface area contributed by atoms with Gasteiger partial charge in [-0.1, -0.05) is 55.3 Å². The number of fused-ring (bicyclic) bond motifs is 3. The van der Waals surface area contributed by atoms with Crippen LogP contribution >= 0.6 is 0 Å². The Morgan fingerprint density at radius 3 is 2.31 bits per heavy atom. The van der Waals surface area contributed by atoms with Gasteiger partial charge in [0.1, 0.15) is 12.6 Å². The highest BCUT2D eigenvalue weighted by molar-refractivity contribution is 6.00. The molecule has 0 saturated heterocycles. The van der Waals surface area contributed by atoms with E-state index < -0.39 is 0 Å². The van der Waals surface area contributed by atoms with Crippen LogP contribution < -0.4 is 10.2 Å². The molecule has 0 aliphatic carbocycles. The van der Waals surface area contributed by atoms with Crippen LogP contribution in [0.2, 0.25) is 0 Å². The summed E-state index contributed by atoms with van der Waals surface area (Å²) in [7, 11) is 0. The molecule has 1 N–H and O–H groups in total. The van der Waals surface area contributed by atoms with Crippen LogP contribution in [0.3, 0.4) is 0 Å². The Hall–Kier alpha value is -3.54. The van der Waals surface area contributed by atoms with Gasteiger partial charge in [-0.25, -0.2) is 4.79 Å². The van der Waals surface area contributed by atoms with Crippen molar-refractivity contribution in [3.63, 3.8) is 0 Å². The lowest BCUT2D eigenvalue weighted by molar-refractivity contribution is -0.119. The number of aryl methyl sites for hydroxylation is 1. The van der Waals surface area contributed by atoms with Gasteiger partial charge in [-0.05, 0) is 63.9 Å². The highest BCUT2D eigenvalue weighted by Gasteiger charge is 2.37. The number of nitrogens with one attached hydrogen (secondary N) is 1. The second-order valence-corrected chi connectivity index (χ2v) is 10.3. The smallest absolute Gasteiger partial charge is 0.318 e. The Balaban J connectivity index is 1.75. The van der Waals surface area contributed by atoms with E-state index in [-0.39, 0.29) is 30.1 Å². The van der Waals surface area contributed by atoms with Crippen LogP contribution in [0.1, 0.15) is 63.4 Å². The fraction of sp³-hybridized carbons (Fsp3) is 0.379. The van der Waals surface area contributed by atoms with Crippen molar-refractivity contribution in [3.8, 4) is 5.69 Å². The number of para-hydroxylation sites is 2. The molecule has 0 spiro atoms. The van der Waals surface area contributed by atoms with Crippen LogP contribution in [-0.4, -0.2) is 40.0 Å². The van der Waals surface area contributed by atoms with E-state index in [4.69, 9.17) is 0 Å². The van der Waals surface area contributed by atoms with Crippen molar-refractivity contribution in [3.05, 3.63) is 83.7 Å². The molecule has 3 amide bonds. The maximum absolute atomic E-state index is 14.1. The lowest BCUT2D eigenvalue weighted by Crippen LogP contribution is -2.52. The van der Waals surface area contributed by atoms with Gasteiger partial charge in [0, 0.05) is 18.3 Å². The number of nitrogens with zero attached hydrogens (tertiary/aromatic N) is 3. The average Bonchev–Trinajstić information content (AvgIpc) is 3.30. The molecule has 1 aliphatic rings. The topological polar surface area (TPSA) is 57.6 Å². The first-order valence-corrected chi connectivity index (χ1v) is 12.4. The second-order valence-electron chi connectivity index (χ2n) is 10.3. The first kappa shape index (κ1) is 24.6. The molecule has 1 unspecified atom stereocenters. The molecule has 0 radical (unpaired) electrons. The van der Waals surface area contributed by atoms with E-state index in [1.165, 1.54) is 5.56 Å². The molecule has 1 aliphatic heterocycles. The third kappa shape index (κ3) is 5.26. The molecule has 2 aromatic carbocycles. The van der Waals surface area contributed by atoms with E-state index in [1.54, 1.807) is 4.90 Å². The zero-order valence-corrected chi connectivity index (χ0v) is 21.4. The van der Waals surface area contributed by atoms with E-state index in [0.29, 0.717) is 6.54 Å². The molecule has 184 valence electrons. The average molecular weight is 473 g/mol. The fourth-order valence-electron chi connectivity index (χ4n) is 4.57. The Kier molecular flexibility index (Phi) is 7.01. The third-order valence-corrected chi connectivity index (χ3v) is 6.26. The number of benzene rings is 2. The number of hydrogen-bond acceptors (Lipinski definition) is 2. The lowest BCUT2D eigenvalue weighted by Gasteiger charge is -2.39. The summed E-state index contributed by atoms with van der Waals surface area (Å²) in [6, 6.07) is 19.9. The van der Waals surface area contributed by atoms with Gasteiger partial charge in [-0.2, -0.15) is 0 Å². The number of aromatic nitrogens is 1. The Bertz CT molecular complexity index is 1190. The van der Waals surface area contributed by atoms with Gasteiger partial charge in [0.05, 0.1) is 17.1 Å². The van der Waals surface area contributed by atoms with E-state index in [9.17, 15) is 9.59 Å². The quantitative estimate of drug-likeness (QED) is 0.491. The Morgan fingerprint density at radius 2 is 1.66 bits per heavy atom. The number of amides is 3. The molecular weight excluding hydrogens is 436 g/mol. The third-order valence-electron chi connectivity index (χ3n) is 6.26. The van der Waals surface area contributed by atoms with Crippen molar-refractivity contribution in [1.29, 1.82) is 0 Å². The Labute approximate surface area is 208 Å². The second kappa shape index (κ2) is 9.98. The van der Waals surface area contributed by atoms with E-state index in [1.807, 2.05) is 62.2 Å². The monoisotopic (exact) mass is 472 g/mol. The predicted molar refractivity (Wildman–Crippen MR) is 141 cm³/mol. The summed E-state index contributed by atoms with van der Waals surface area (Å²) >= 11 is 0. The molecule has 6 heteroatoms. The minimum absolute atomic E-state index is 0.0132. The summed E-state index contributed by atoms with van der Waals surface area (Å²) in [4.78, 5) is 30.7. The standard InChI is InChI=1S/C29H36N4O2/c1-6-7-18-31(28(35)30-29(3,4)5)20-26(34)33-24-12-9-8-11-23(24)32-19-10-13-25(32)27(33)22-16-14-21(2)15-17-22/h8-17,19,27H,6-7,18,20H2,1-5H3,(H,30,35). The predicted octanol–water partition coefficient (Wildman–Crippen LogP) is 5.83. The molecule has 0 bridgehead atoms. The Morgan fingerprint density at radius 1 is 0.971 bits per heavy atom. The van der Waals surface area contributed by atoms with Gasteiger partial charge < -0.3 is 14.8 Å². The molecule has 3 aromatic rings. The molecule has 0 fully saturated rings. The van der Waals surface area contributed by atoms with Crippen molar-refractivity contribution >= 4 is 17.6 Å². The zero-order valence-electron chi connectivity index (χ0n) is 21.4. The summed E-state index contributed by atoms with van der Waals surface area (Å²) in [5, 5.41) is 3.03. The molecule has 6 nitrogen and oxygen atoms in total. The van der Waals surface area contributed by atoms with E-state index in [2.05, 4.69) is 54.1 Å². The number of carbonyl (C=O) groups is 2. The molecule has 1 aromatic heterocycles. The van der Waals surface area contributed by atoms with Crippen molar-refractivity contribution in [2.75, 3.05) is 18.0 Å². The highest BCUT2D eigenvalue weighted by atomic mass is 16.2. The fourth-order valence-corrected chi connectivity index (χ4v) is 4.57. The van der Waals surface area contributed by atoms with Crippen molar-refractivity contribution in [2.45, 2.75) is 59.0 Å². The molecule has 1 atom stereocenters. The molecule has 35 heavy (non-hydrogen) atoms. The summed E-state index contributed by atoms with van der Waals surface area (Å²) in [6.45, 7) is 10.5. The van der Waals surface area contributed by atoms with E-state index in [0.717, 1.165) is 35.5 Å². The van der Waals surface area contributed by atoms with Gasteiger partial charge in [0.15, 0.2) is 0 Å². The highest BCUT2D eigenvalue weighted by Crippen LogP contribution is 2.42. The molecular formula is C29H36N4O2. The summed E-state index contributed by atoms with van der Waals surface area (Å²) in [6.07, 6.45) is 3.83. The van der Waals surface area contributed by atoms with Gasteiger partial charge in [0.25, 0.3) is 0 Å². The van der Waals surface area contributed by atoms with Gasteiger partial charge in [0.2, 0.25) is 5.91 Å². The first-order valence-electron chi connectivity index (χ1n) is 12.4. The summed E-state index contributed by atoms with van der Waals surface area (Å²) in [5.74, 6) is -0.101. The number of hydrogen-bond donors (Lipinski definition) is 1. The van der Waals surface area contributed by atoms with E-state index >= 15 is 0 Å². The van der Waals surface area contributed by atoms with Crippen molar-refractivity contribution in [2.24, 2.45) is 0 Å². The van der Waals surface area contributed by atoms with Gasteiger partial charge in [-0.3, -0.25) is 9.69 Å². The van der Waals surface area contributed by atoms with Crippen molar-refractivity contribution in [1.82, 2.24) is 14.8 Å². The largest absolute Gasteiger partial charge is 0.333 e. The molecule has 4 rings (SSSR count). The first-order chi connectivity index (χ1) is 16.7. The number of rotatable bonds is 6. The molecule has 0 saturated carbocycles. The summed E-state index contributed by atoms with van der Waals surface area (Å²) < 4.78 is 2.16. The minimum Gasteiger partial charge on any atom is -0.333 e. The number of anilines is 1. The number of urea groups is 1. The van der Waals surface area contributed by atoms with Crippen LogP contribution in [0.5, 0.6) is 0 Å². The van der Waals surface area contributed by atoms with Crippen LogP contribution in [0.15, 0.2) is 66.9 Å². The number of unbranched alkanes of at least 4 members (excludes halogenated alkanes) is 1. The number of carbonyl (C=O) groups excluding carboxylic acids is 2. The van der Waals surface area contributed by atoms with Crippen LogP contribution in [0.25, 0.3) is 5.69 Å². The maximum atomic E-state index is 14.1.